The fourth-order valence-electron chi connectivity index (χ4n) is 2.90. The second kappa shape index (κ2) is 6.39. The third-order valence-corrected chi connectivity index (χ3v) is 6.50. The van der Waals surface area contributed by atoms with Gasteiger partial charge in [-0.1, -0.05) is 36.4 Å². The van der Waals surface area contributed by atoms with Gasteiger partial charge in [0, 0.05) is 37.8 Å². The molecule has 0 N–H and O–H groups in total. The molecule has 2 aromatic carbocycles. The van der Waals surface area contributed by atoms with E-state index in [9.17, 15) is 4.21 Å². The van der Waals surface area contributed by atoms with Gasteiger partial charge in [0.25, 0.3) is 0 Å². The van der Waals surface area contributed by atoms with Gasteiger partial charge in [0.05, 0.1) is 4.90 Å². The predicted octanol–water partition coefficient (Wildman–Crippen LogP) is 3.14. The van der Waals surface area contributed by atoms with Crippen LogP contribution in [0.25, 0.3) is 10.8 Å². The van der Waals surface area contributed by atoms with Gasteiger partial charge in [-0.2, -0.15) is 0 Å². The Balaban J connectivity index is 1.54. The second-order valence-corrected chi connectivity index (χ2v) is 7.78. The Morgan fingerprint density at radius 3 is 2.57 bits per heavy atom. The Bertz CT molecular complexity index is 821. The highest BCUT2D eigenvalue weighted by Gasteiger charge is 2.24. The summed E-state index contributed by atoms with van der Waals surface area (Å²) in [6.07, 6.45) is 1.83. The number of thiazole rings is 1. The summed E-state index contributed by atoms with van der Waals surface area (Å²) in [5.74, 6) is 0. The van der Waals surface area contributed by atoms with Crippen LogP contribution in [-0.4, -0.2) is 39.7 Å². The average Bonchev–Trinajstić information content (AvgIpc) is 3.15. The highest BCUT2D eigenvalue weighted by atomic mass is 32.2. The van der Waals surface area contributed by atoms with Gasteiger partial charge in [0.15, 0.2) is 5.13 Å². The summed E-state index contributed by atoms with van der Waals surface area (Å²) < 4.78 is 15.1. The first-order valence-electron chi connectivity index (χ1n) is 7.62. The lowest BCUT2D eigenvalue weighted by molar-refractivity contribution is 0.410. The van der Waals surface area contributed by atoms with Gasteiger partial charge >= 0.3 is 0 Å². The minimum atomic E-state index is -1.12. The molecule has 1 aliphatic heterocycles. The van der Waals surface area contributed by atoms with Crippen LogP contribution in [-0.2, 0) is 11.0 Å². The molecule has 1 unspecified atom stereocenters. The zero-order valence-corrected chi connectivity index (χ0v) is 14.2. The van der Waals surface area contributed by atoms with E-state index in [1.807, 2.05) is 41.9 Å². The molecular formula is C17H17N3OS2. The van der Waals surface area contributed by atoms with E-state index in [-0.39, 0.29) is 0 Å². The lowest BCUT2D eigenvalue weighted by Crippen LogP contribution is -2.46. The fraction of sp³-hybridized carbons (Fsp3) is 0.235. The minimum absolute atomic E-state index is 0.787. The number of fused-ring (bicyclic) bond motifs is 1. The third kappa shape index (κ3) is 2.89. The van der Waals surface area contributed by atoms with Crippen LogP contribution in [0.1, 0.15) is 0 Å². The van der Waals surface area contributed by atoms with E-state index < -0.39 is 11.0 Å². The average molecular weight is 343 g/mol. The van der Waals surface area contributed by atoms with Gasteiger partial charge in [-0.05, 0) is 16.8 Å². The lowest BCUT2D eigenvalue weighted by atomic mass is 10.1. The minimum Gasteiger partial charge on any atom is -0.345 e. The summed E-state index contributed by atoms with van der Waals surface area (Å²) in [5.41, 5.74) is 0. The second-order valence-electron chi connectivity index (χ2n) is 5.46. The van der Waals surface area contributed by atoms with E-state index >= 15 is 0 Å². The molecule has 1 atom stereocenters. The van der Waals surface area contributed by atoms with Gasteiger partial charge < -0.3 is 4.90 Å². The zero-order valence-electron chi connectivity index (χ0n) is 12.6. The maximum atomic E-state index is 13.0. The van der Waals surface area contributed by atoms with Crippen LogP contribution in [0.15, 0.2) is 58.9 Å². The number of aromatic nitrogens is 1. The van der Waals surface area contributed by atoms with E-state index in [0.717, 1.165) is 47.0 Å². The summed E-state index contributed by atoms with van der Waals surface area (Å²) in [6.45, 7) is 3.30. The largest absolute Gasteiger partial charge is 0.345 e. The van der Waals surface area contributed by atoms with E-state index in [1.165, 1.54) is 0 Å². The predicted molar refractivity (Wildman–Crippen MR) is 96.3 cm³/mol. The molecule has 23 heavy (non-hydrogen) atoms. The van der Waals surface area contributed by atoms with Crippen LogP contribution >= 0.6 is 11.3 Å². The summed E-state index contributed by atoms with van der Waals surface area (Å²) >= 11 is 1.66. The normalized spacial score (nSPS) is 17.5. The van der Waals surface area contributed by atoms with E-state index in [1.54, 1.807) is 11.3 Å². The Morgan fingerprint density at radius 2 is 1.78 bits per heavy atom. The van der Waals surface area contributed by atoms with E-state index in [0.29, 0.717) is 0 Å². The van der Waals surface area contributed by atoms with Crippen LogP contribution in [0.2, 0.25) is 0 Å². The van der Waals surface area contributed by atoms with Crippen LogP contribution < -0.4 is 4.90 Å². The van der Waals surface area contributed by atoms with Crippen LogP contribution in [0, 0.1) is 0 Å². The molecule has 1 saturated heterocycles. The number of hydrogen-bond acceptors (Lipinski definition) is 4. The molecule has 0 aliphatic carbocycles. The lowest BCUT2D eigenvalue weighted by Gasteiger charge is -2.33. The molecule has 2 heterocycles. The smallest absolute Gasteiger partial charge is 0.185 e. The Labute approximate surface area is 142 Å². The number of benzene rings is 2. The zero-order chi connectivity index (χ0) is 15.6. The highest BCUT2D eigenvalue weighted by molar-refractivity contribution is 7.83. The first-order chi connectivity index (χ1) is 11.3. The molecule has 0 spiro atoms. The molecule has 1 fully saturated rings. The van der Waals surface area contributed by atoms with Crippen molar-refractivity contribution >= 4 is 38.2 Å². The Morgan fingerprint density at radius 1 is 1.00 bits per heavy atom. The van der Waals surface area contributed by atoms with Crippen molar-refractivity contribution in [2.24, 2.45) is 0 Å². The van der Waals surface area contributed by atoms with Crippen molar-refractivity contribution in [3.8, 4) is 0 Å². The summed E-state index contributed by atoms with van der Waals surface area (Å²) in [6, 6.07) is 14.2. The maximum absolute atomic E-state index is 13.0. The first-order valence-corrected chi connectivity index (χ1v) is 9.60. The van der Waals surface area contributed by atoms with E-state index in [4.69, 9.17) is 0 Å². The van der Waals surface area contributed by atoms with Crippen LogP contribution in [0.3, 0.4) is 0 Å². The number of hydrogen-bond donors (Lipinski definition) is 0. The standard InChI is InChI=1S/C17H17N3OS2/c21-23(16-7-3-5-14-4-1-2-6-15(14)16)20-11-9-19(10-12-20)17-18-8-13-22-17/h1-8,13H,9-12H2. The molecule has 4 rings (SSSR count). The Hall–Kier alpha value is -1.76. The van der Waals surface area contributed by atoms with E-state index in [2.05, 4.69) is 26.3 Å². The van der Waals surface area contributed by atoms with Crippen molar-refractivity contribution in [3.63, 3.8) is 0 Å². The van der Waals surface area contributed by atoms with Gasteiger partial charge in [0.2, 0.25) is 0 Å². The summed E-state index contributed by atoms with van der Waals surface area (Å²) in [7, 11) is -1.12. The topological polar surface area (TPSA) is 36.4 Å². The van der Waals surface area contributed by atoms with Gasteiger partial charge in [-0.15, -0.1) is 11.3 Å². The first kappa shape index (κ1) is 14.8. The van der Waals surface area contributed by atoms with Gasteiger partial charge in [-0.3, -0.25) is 0 Å². The summed E-state index contributed by atoms with van der Waals surface area (Å²) in [5, 5.41) is 5.27. The molecule has 0 amide bonds. The van der Waals surface area contributed by atoms with Crippen LogP contribution in [0.5, 0.6) is 0 Å². The van der Waals surface area contributed by atoms with Crippen molar-refractivity contribution in [3.05, 3.63) is 54.0 Å². The number of nitrogens with zero attached hydrogens (tertiary/aromatic N) is 3. The van der Waals surface area contributed by atoms with Crippen molar-refractivity contribution in [2.75, 3.05) is 31.1 Å². The molecule has 3 aromatic rings. The van der Waals surface area contributed by atoms with Gasteiger partial charge in [0.1, 0.15) is 11.0 Å². The van der Waals surface area contributed by atoms with Gasteiger partial charge in [-0.25, -0.2) is 13.5 Å². The van der Waals surface area contributed by atoms with Crippen molar-refractivity contribution in [1.82, 2.24) is 9.29 Å². The van der Waals surface area contributed by atoms with Crippen molar-refractivity contribution < 1.29 is 4.21 Å². The molecule has 6 heteroatoms. The van der Waals surface area contributed by atoms with Crippen molar-refractivity contribution in [2.45, 2.75) is 4.90 Å². The Kier molecular flexibility index (Phi) is 4.11. The fourth-order valence-corrected chi connectivity index (χ4v) is 4.94. The number of rotatable bonds is 3. The summed E-state index contributed by atoms with van der Waals surface area (Å²) in [4.78, 5) is 7.53. The molecule has 1 aromatic heterocycles. The maximum Gasteiger partial charge on any atom is 0.185 e. The molecule has 4 nitrogen and oxygen atoms in total. The highest BCUT2D eigenvalue weighted by Crippen LogP contribution is 2.25. The molecule has 0 bridgehead atoms. The molecule has 0 saturated carbocycles. The monoisotopic (exact) mass is 343 g/mol. The SMILES string of the molecule is O=S(c1cccc2ccccc12)N1CCN(c2nccs2)CC1. The molecular weight excluding hydrogens is 326 g/mol. The molecule has 118 valence electrons. The van der Waals surface area contributed by atoms with Crippen LogP contribution in [0.4, 0.5) is 5.13 Å². The quantitative estimate of drug-likeness (QED) is 0.733. The molecule has 0 radical (unpaired) electrons. The number of piperazine rings is 1. The molecule has 1 aliphatic rings. The number of anilines is 1. The van der Waals surface area contributed by atoms with Crippen molar-refractivity contribution in [1.29, 1.82) is 0 Å². The third-order valence-electron chi connectivity index (χ3n) is 4.10.